The van der Waals surface area contributed by atoms with Gasteiger partial charge in [-0.25, -0.2) is 4.57 Å². The van der Waals surface area contributed by atoms with Crippen LogP contribution in [0.1, 0.15) is 154 Å². The van der Waals surface area contributed by atoms with Gasteiger partial charge in [-0.3, -0.25) is 18.6 Å². The zero-order valence-corrected chi connectivity index (χ0v) is 38.5. The highest BCUT2D eigenvalue weighted by molar-refractivity contribution is 7.47. The van der Waals surface area contributed by atoms with Crippen LogP contribution in [-0.4, -0.2) is 74.9 Å². The van der Waals surface area contributed by atoms with E-state index < -0.39 is 26.5 Å². The van der Waals surface area contributed by atoms with Gasteiger partial charge in [-0.1, -0.05) is 171 Å². The van der Waals surface area contributed by atoms with E-state index in [4.69, 9.17) is 18.5 Å². The molecule has 4 aromatic rings. The third kappa shape index (κ3) is 18.9. The van der Waals surface area contributed by atoms with Crippen LogP contribution in [0.4, 0.5) is 0 Å². The summed E-state index contributed by atoms with van der Waals surface area (Å²) in [6.45, 7) is 2.13. The predicted octanol–water partition coefficient (Wildman–Crippen LogP) is 13.0. The fraction of sp³-hybridized carbons (Fsp3) is 0.640. The van der Waals surface area contributed by atoms with Crippen molar-refractivity contribution in [2.45, 2.75) is 161 Å². The van der Waals surface area contributed by atoms with Gasteiger partial charge in [0.2, 0.25) is 0 Å². The van der Waals surface area contributed by atoms with Crippen LogP contribution < -0.4 is 0 Å². The second-order valence-corrected chi connectivity index (χ2v) is 19.4. The number of unbranched alkanes of at least 4 members (excludes halogenated alkanes) is 18. The molecule has 2 unspecified atom stereocenters. The summed E-state index contributed by atoms with van der Waals surface area (Å²) < 4.78 is 34.5. The minimum atomic E-state index is -4.39. The maximum absolute atomic E-state index is 12.8. The number of phosphoric acid groups is 1. The van der Waals surface area contributed by atoms with Gasteiger partial charge >= 0.3 is 19.8 Å². The Morgan fingerprint density at radius 3 is 1.68 bits per heavy atom. The van der Waals surface area contributed by atoms with Crippen LogP contribution in [0.3, 0.4) is 0 Å². The lowest BCUT2D eigenvalue weighted by molar-refractivity contribution is -0.870. The first kappa shape index (κ1) is 49.6. The van der Waals surface area contributed by atoms with Crippen molar-refractivity contribution in [2.75, 3.05) is 47.5 Å². The molecule has 0 saturated heterocycles. The molecule has 2 atom stereocenters. The number of likely N-dealkylation sites (N-methyl/N-ethyl adjacent to an activating group) is 1. The van der Waals surface area contributed by atoms with E-state index in [1.54, 1.807) is 0 Å². The molecular formula is C50H77NO8P+. The van der Waals surface area contributed by atoms with Crippen LogP contribution in [0.15, 0.2) is 54.6 Å². The highest BCUT2D eigenvalue weighted by Gasteiger charge is 2.27. The molecule has 0 radical (unpaired) electrons. The SMILES string of the molecule is CCCCCCCCCCCCCCCC(=O)OCC(COP(=O)(O)OCC[N+](C)(C)C)OC(=O)CCCCCCCCCc1ccc2ccc3cccc4ccc1c2c34. The molecule has 0 bridgehead atoms. The summed E-state index contributed by atoms with van der Waals surface area (Å²) in [5.74, 6) is -0.815. The first-order valence-corrected chi connectivity index (χ1v) is 24.9. The zero-order valence-electron chi connectivity index (χ0n) is 37.6. The smallest absolute Gasteiger partial charge is 0.462 e. The topological polar surface area (TPSA) is 108 Å². The predicted molar refractivity (Wildman–Crippen MR) is 247 cm³/mol. The Hall–Kier alpha value is -3.07. The lowest BCUT2D eigenvalue weighted by Crippen LogP contribution is -2.37. The first-order valence-electron chi connectivity index (χ1n) is 23.4. The molecule has 9 nitrogen and oxygen atoms in total. The van der Waals surface area contributed by atoms with Crippen molar-refractivity contribution >= 4 is 52.1 Å². The fourth-order valence-electron chi connectivity index (χ4n) is 8.03. The Kier molecular flexibility index (Phi) is 22.4. The molecule has 0 fully saturated rings. The van der Waals surface area contributed by atoms with E-state index in [1.165, 1.54) is 102 Å². The second-order valence-electron chi connectivity index (χ2n) is 18.0. The van der Waals surface area contributed by atoms with E-state index in [2.05, 4.69) is 61.5 Å². The summed E-state index contributed by atoms with van der Waals surface area (Å²) in [5, 5.41) is 8.02. The number of esters is 2. The summed E-state index contributed by atoms with van der Waals surface area (Å²) in [6.07, 6.45) is 23.6. The summed E-state index contributed by atoms with van der Waals surface area (Å²) >= 11 is 0. The molecule has 334 valence electrons. The van der Waals surface area contributed by atoms with Gasteiger partial charge in [0.25, 0.3) is 0 Å². The van der Waals surface area contributed by atoms with Gasteiger partial charge < -0.3 is 18.9 Å². The van der Waals surface area contributed by atoms with Gasteiger partial charge in [0.05, 0.1) is 27.7 Å². The monoisotopic (exact) mass is 851 g/mol. The fourth-order valence-corrected chi connectivity index (χ4v) is 8.77. The molecule has 0 amide bonds. The van der Waals surface area contributed by atoms with Crippen molar-refractivity contribution in [2.24, 2.45) is 0 Å². The highest BCUT2D eigenvalue weighted by Crippen LogP contribution is 2.43. The normalized spacial score (nSPS) is 13.6. The van der Waals surface area contributed by atoms with Crippen LogP contribution in [0.5, 0.6) is 0 Å². The minimum Gasteiger partial charge on any atom is -0.462 e. The molecule has 10 heteroatoms. The number of carbonyl (C=O) groups excluding carboxylic acids is 2. The van der Waals surface area contributed by atoms with Crippen LogP contribution in [0.25, 0.3) is 32.3 Å². The summed E-state index contributed by atoms with van der Waals surface area (Å²) in [6, 6.07) is 20.1. The number of rotatable bonds is 34. The Morgan fingerprint density at radius 2 is 1.10 bits per heavy atom. The van der Waals surface area contributed by atoms with Gasteiger partial charge in [-0.05, 0) is 63.6 Å². The van der Waals surface area contributed by atoms with Crippen molar-refractivity contribution in [1.82, 2.24) is 0 Å². The second kappa shape index (κ2) is 27.1. The zero-order chi connectivity index (χ0) is 43.1. The number of carbonyl (C=O) groups is 2. The van der Waals surface area contributed by atoms with Gasteiger partial charge in [0.1, 0.15) is 19.8 Å². The molecule has 60 heavy (non-hydrogen) atoms. The summed E-state index contributed by atoms with van der Waals surface area (Å²) in [7, 11) is 1.46. The van der Waals surface area contributed by atoms with E-state index in [0.29, 0.717) is 17.4 Å². The van der Waals surface area contributed by atoms with Crippen molar-refractivity contribution in [3.63, 3.8) is 0 Å². The number of nitrogens with zero attached hydrogens (tertiary/aromatic N) is 1. The third-order valence-corrected chi connectivity index (χ3v) is 12.6. The van der Waals surface area contributed by atoms with Gasteiger partial charge in [0, 0.05) is 12.8 Å². The number of benzene rings is 4. The number of phosphoric ester groups is 1. The van der Waals surface area contributed by atoms with Crippen molar-refractivity contribution in [3.8, 4) is 0 Å². The maximum Gasteiger partial charge on any atom is 0.472 e. The molecule has 4 rings (SSSR count). The average molecular weight is 851 g/mol. The molecular weight excluding hydrogens is 774 g/mol. The largest absolute Gasteiger partial charge is 0.472 e. The molecule has 0 aromatic heterocycles. The van der Waals surface area contributed by atoms with E-state index in [1.807, 2.05) is 21.1 Å². The molecule has 0 heterocycles. The molecule has 0 spiro atoms. The molecule has 0 aliphatic carbocycles. The Labute approximate surface area is 361 Å². The number of hydrogen-bond donors (Lipinski definition) is 1. The van der Waals surface area contributed by atoms with E-state index in [9.17, 15) is 19.0 Å². The summed E-state index contributed by atoms with van der Waals surface area (Å²) in [4.78, 5) is 35.7. The van der Waals surface area contributed by atoms with Crippen molar-refractivity contribution in [3.05, 3.63) is 60.2 Å². The Morgan fingerprint density at radius 1 is 0.600 bits per heavy atom. The van der Waals surface area contributed by atoms with Gasteiger partial charge in [0.15, 0.2) is 6.10 Å². The number of ether oxygens (including phenoxy) is 2. The highest BCUT2D eigenvalue weighted by atomic mass is 31.2. The molecule has 0 saturated carbocycles. The Bertz CT molecular complexity index is 1860. The van der Waals surface area contributed by atoms with Crippen LogP contribution in [-0.2, 0) is 39.1 Å². The standard InChI is InChI=1S/C50H76NO8P/c1-5-6-7-8-9-10-11-12-13-14-17-20-23-29-47(52)56-39-45(40-58-60(54,55)57-38-37-51(2,3)4)59-48(53)30-24-21-18-15-16-19-22-26-41-31-32-44-34-33-42-27-25-28-43-35-36-46(41)50(44)49(42)43/h25,27-28,31-36,45H,5-24,26,29-30,37-40H2,1-4H3/p+1. The molecule has 4 aromatic carbocycles. The number of quaternary nitrogens is 1. The van der Waals surface area contributed by atoms with E-state index in [0.717, 1.165) is 64.2 Å². The average Bonchev–Trinajstić information content (AvgIpc) is 3.21. The molecule has 0 aliphatic heterocycles. The van der Waals surface area contributed by atoms with Gasteiger partial charge in [-0.2, -0.15) is 0 Å². The molecule has 1 N–H and O–H groups in total. The van der Waals surface area contributed by atoms with Crippen LogP contribution in [0.2, 0.25) is 0 Å². The maximum atomic E-state index is 12.8. The minimum absolute atomic E-state index is 0.0249. The van der Waals surface area contributed by atoms with E-state index in [-0.39, 0.29) is 32.0 Å². The number of hydrogen-bond acceptors (Lipinski definition) is 7. The lowest BCUT2D eigenvalue weighted by atomic mass is 9.90. The third-order valence-electron chi connectivity index (χ3n) is 11.6. The first-order chi connectivity index (χ1) is 29.0. The molecule has 0 aliphatic rings. The van der Waals surface area contributed by atoms with Crippen LogP contribution >= 0.6 is 7.82 Å². The van der Waals surface area contributed by atoms with Gasteiger partial charge in [-0.15, -0.1) is 0 Å². The van der Waals surface area contributed by atoms with Crippen LogP contribution in [0, 0.1) is 0 Å². The van der Waals surface area contributed by atoms with Crippen molar-refractivity contribution < 1.29 is 42.1 Å². The van der Waals surface area contributed by atoms with E-state index >= 15 is 0 Å². The van der Waals surface area contributed by atoms with Crippen molar-refractivity contribution in [1.29, 1.82) is 0 Å². The Balaban J connectivity index is 1.10. The summed E-state index contributed by atoms with van der Waals surface area (Å²) in [5.41, 5.74) is 1.42. The lowest BCUT2D eigenvalue weighted by Gasteiger charge is -2.24. The quantitative estimate of drug-likeness (QED) is 0.0163. The number of aryl methyl sites for hydroxylation is 1.